The topological polar surface area (TPSA) is 125 Å². The number of carbonyl (C=O) groups excluding carboxylic acids is 2. The van der Waals surface area contributed by atoms with Gasteiger partial charge in [0.1, 0.15) is 0 Å². The molecule has 0 fully saturated rings. The van der Waals surface area contributed by atoms with Gasteiger partial charge in [0.15, 0.2) is 5.13 Å². The predicted octanol–water partition coefficient (Wildman–Crippen LogP) is 2.64. The van der Waals surface area contributed by atoms with E-state index >= 15 is 0 Å². The molecule has 1 heterocycles. The number of hydrogen-bond donors (Lipinski definition) is 1. The lowest BCUT2D eigenvalue weighted by molar-refractivity contribution is -0.385. The van der Waals surface area contributed by atoms with Crippen molar-refractivity contribution >= 4 is 34.0 Å². The highest BCUT2D eigenvalue weighted by molar-refractivity contribution is 7.14. The van der Waals surface area contributed by atoms with Crippen LogP contribution in [0.15, 0.2) is 47.8 Å². The lowest BCUT2D eigenvalue weighted by Crippen LogP contribution is -2.26. The molecular formula is C18H12N3O5S-. The van der Waals surface area contributed by atoms with Crippen molar-refractivity contribution in [3.05, 3.63) is 74.6 Å². The first-order chi connectivity index (χ1) is 12.9. The molecule has 8 nitrogen and oxygen atoms in total. The van der Waals surface area contributed by atoms with Crippen LogP contribution in [0.2, 0.25) is 0 Å². The van der Waals surface area contributed by atoms with Crippen LogP contribution in [0.3, 0.4) is 0 Å². The average Bonchev–Trinajstić information content (AvgIpc) is 3.10. The Hall–Kier alpha value is -3.59. The van der Waals surface area contributed by atoms with Gasteiger partial charge in [-0.3, -0.25) is 20.2 Å². The molecular weight excluding hydrogens is 370 g/mol. The third-order valence-electron chi connectivity index (χ3n) is 3.82. The van der Waals surface area contributed by atoms with E-state index in [4.69, 9.17) is 0 Å². The molecule has 9 heteroatoms. The summed E-state index contributed by atoms with van der Waals surface area (Å²) in [6.45, 7) is 1.64. The Labute approximate surface area is 157 Å². The first-order valence-corrected chi connectivity index (χ1v) is 8.57. The van der Waals surface area contributed by atoms with Gasteiger partial charge in [-0.25, -0.2) is 4.98 Å². The Morgan fingerprint density at radius 1 is 1.15 bits per heavy atom. The zero-order valence-electron chi connectivity index (χ0n) is 14.0. The molecule has 1 aromatic heterocycles. The van der Waals surface area contributed by atoms with Gasteiger partial charge in [0.25, 0.3) is 11.6 Å². The molecule has 0 saturated heterocycles. The Kier molecular flexibility index (Phi) is 4.95. The van der Waals surface area contributed by atoms with Gasteiger partial charge in [0.2, 0.25) is 0 Å². The fourth-order valence-electron chi connectivity index (χ4n) is 2.45. The van der Waals surface area contributed by atoms with Crippen LogP contribution in [-0.2, 0) is 0 Å². The van der Waals surface area contributed by atoms with Crippen molar-refractivity contribution in [1.29, 1.82) is 0 Å². The molecule has 0 radical (unpaired) electrons. The Balaban J connectivity index is 1.85. The van der Waals surface area contributed by atoms with E-state index in [0.717, 1.165) is 11.3 Å². The molecule has 1 N–H and O–H groups in total. The van der Waals surface area contributed by atoms with Crippen LogP contribution >= 0.6 is 11.3 Å². The van der Waals surface area contributed by atoms with Crippen LogP contribution in [0, 0.1) is 17.0 Å². The fraction of sp³-hybridized carbons (Fsp3) is 0.0556. The number of thiazole rings is 1. The van der Waals surface area contributed by atoms with E-state index in [1.165, 1.54) is 24.3 Å². The molecule has 0 bridgehead atoms. The average molecular weight is 382 g/mol. The minimum Gasteiger partial charge on any atom is -0.545 e. The molecule has 3 aromatic rings. The number of benzene rings is 2. The number of nitrogens with one attached hydrogen (secondary N) is 1. The van der Waals surface area contributed by atoms with Crippen molar-refractivity contribution in [2.24, 2.45) is 0 Å². The summed E-state index contributed by atoms with van der Waals surface area (Å²) in [4.78, 5) is 38.3. The summed E-state index contributed by atoms with van der Waals surface area (Å²) in [5.41, 5.74) is 1.26. The molecule has 0 unspecified atom stereocenters. The molecule has 2 aromatic carbocycles. The molecule has 136 valence electrons. The fourth-order valence-corrected chi connectivity index (χ4v) is 3.17. The highest BCUT2D eigenvalue weighted by atomic mass is 32.1. The normalized spacial score (nSPS) is 10.4. The molecule has 3 rings (SSSR count). The van der Waals surface area contributed by atoms with E-state index in [-0.39, 0.29) is 21.9 Å². The van der Waals surface area contributed by atoms with Gasteiger partial charge in [0, 0.05) is 33.7 Å². The van der Waals surface area contributed by atoms with Gasteiger partial charge in [-0.2, -0.15) is 0 Å². The van der Waals surface area contributed by atoms with E-state index in [0.29, 0.717) is 16.8 Å². The first-order valence-electron chi connectivity index (χ1n) is 7.69. The Bertz CT molecular complexity index is 1060. The van der Waals surface area contributed by atoms with Crippen molar-refractivity contribution in [3.8, 4) is 11.3 Å². The van der Waals surface area contributed by atoms with Crippen LogP contribution in [0.25, 0.3) is 11.3 Å². The van der Waals surface area contributed by atoms with Crippen molar-refractivity contribution in [2.75, 3.05) is 5.32 Å². The van der Waals surface area contributed by atoms with Gasteiger partial charge in [-0.15, -0.1) is 11.3 Å². The van der Waals surface area contributed by atoms with Gasteiger partial charge < -0.3 is 9.90 Å². The summed E-state index contributed by atoms with van der Waals surface area (Å²) in [5.74, 6) is -2.09. The van der Waals surface area contributed by atoms with Crippen molar-refractivity contribution in [2.45, 2.75) is 6.92 Å². The number of nitro groups is 1. The second kappa shape index (κ2) is 7.34. The maximum absolute atomic E-state index is 12.3. The van der Waals surface area contributed by atoms with E-state index in [9.17, 15) is 24.8 Å². The smallest absolute Gasteiger partial charge is 0.272 e. The number of anilines is 1. The van der Waals surface area contributed by atoms with E-state index in [1.807, 2.05) is 0 Å². The van der Waals surface area contributed by atoms with Crippen LogP contribution in [0.1, 0.15) is 26.3 Å². The number of carboxylic acids is 1. The maximum atomic E-state index is 12.3. The zero-order valence-corrected chi connectivity index (χ0v) is 14.8. The van der Waals surface area contributed by atoms with Crippen molar-refractivity contribution in [3.63, 3.8) is 0 Å². The summed E-state index contributed by atoms with van der Waals surface area (Å²) in [7, 11) is 0. The number of nitro benzene ring substituents is 1. The quantitative estimate of drug-likeness (QED) is 0.534. The highest BCUT2D eigenvalue weighted by Gasteiger charge is 2.16. The highest BCUT2D eigenvalue weighted by Crippen LogP contribution is 2.29. The number of amides is 1. The summed E-state index contributed by atoms with van der Waals surface area (Å²) >= 11 is 1.12. The number of aromatic nitrogens is 1. The first kappa shape index (κ1) is 18.2. The van der Waals surface area contributed by atoms with Gasteiger partial charge in [-0.1, -0.05) is 30.3 Å². The second-order valence-electron chi connectivity index (χ2n) is 5.58. The molecule has 0 atom stereocenters. The number of aromatic carboxylic acids is 1. The summed E-state index contributed by atoms with van der Waals surface area (Å²) in [5, 5.41) is 26.6. The maximum Gasteiger partial charge on any atom is 0.272 e. The molecule has 1 amide bonds. The van der Waals surface area contributed by atoms with Gasteiger partial charge in [0.05, 0.1) is 16.6 Å². The lowest BCUT2D eigenvalue weighted by atomic mass is 10.1. The van der Waals surface area contributed by atoms with Crippen LogP contribution in [-0.4, -0.2) is 21.8 Å². The standard InChI is InChI=1S/C18H13N3O5S/c1-10-6-7-11(8-15(10)21(25)26)14-9-27-18(19-14)20-16(22)12-4-2-3-5-13(12)17(23)24/h2-9H,1H3,(H,23,24)(H,19,20,22)/p-1. The van der Waals surface area contributed by atoms with Crippen molar-refractivity contribution < 1.29 is 19.6 Å². The number of carbonyl (C=O) groups is 2. The summed E-state index contributed by atoms with van der Waals surface area (Å²) in [6.07, 6.45) is 0. The minimum absolute atomic E-state index is 0.0195. The number of hydrogen-bond acceptors (Lipinski definition) is 7. The monoisotopic (exact) mass is 382 g/mol. The van der Waals surface area contributed by atoms with Gasteiger partial charge in [-0.05, 0) is 13.0 Å². The largest absolute Gasteiger partial charge is 0.545 e. The molecule has 0 aliphatic carbocycles. The SMILES string of the molecule is Cc1ccc(-c2csc(NC(=O)c3ccccc3C(=O)[O-])n2)cc1[N+](=O)[O-]. The van der Waals surface area contributed by atoms with E-state index < -0.39 is 16.8 Å². The Morgan fingerprint density at radius 2 is 1.85 bits per heavy atom. The van der Waals surface area contributed by atoms with Crippen LogP contribution in [0.5, 0.6) is 0 Å². The summed E-state index contributed by atoms with van der Waals surface area (Å²) in [6, 6.07) is 10.4. The number of carboxylic acid groups (broad SMARTS) is 1. The predicted molar refractivity (Wildman–Crippen MR) is 97.7 cm³/mol. The van der Waals surface area contributed by atoms with Crippen LogP contribution in [0.4, 0.5) is 10.8 Å². The second-order valence-corrected chi connectivity index (χ2v) is 6.44. The minimum atomic E-state index is -1.45. The molecule has 0 aliphatic rings. The molecule has 0 spiro atoms. The number of aryl methyl sites for hydroxylation is 1. The van der Waals surface area contributed by atoms with E-state index in [1.54, 1.807) is 30.5 Å². The van der Waals surface area contributed by atoms with Crippen molar-refractivity contribution in [1.82, 2.24) is 4.98 Å². The Morgan fingerprint density at radius 3 is 2.52 bits per heavy atom. The molecule has 0 aliphatic heterocycles. The lowest BCUT2D eigenvalue weighted by Gasteiger charge is -2.09. The third-order valence-corrected chi connectivity index (χ3v) is 4.58. The molecule has 0 saturated carbocycles. The number of nitrogens with zero attached hydrogens (tertiary/aromatic N) is 2. The zero-order chi connectivity index (χ0) is 19.6. The van der Waals surface area contributed by atoms with Gasteiger partial charge >= 0.3 is 0 Å². The molecule has 27 heavy (non-hydrogen) atoms. The van der Waals surface area contributed by atoms with Crippen LogP contribution < -0.4 is 10.4 Å². The third kappa shape index (κ3) is 3.82. The van der Waals surface area contributed by atoms with E-state index in [2.05, 4.69) is 10.3 Å². The number of rotatable bonds is 5. The summed E-state index contributed by atoms with van der Waals surface area (Å²) < 4.78 is 0.